The zero-order chi connectivity index (χ0) is 14.7. The smallest absolute Gasteiger partial charge is 0.225 e. The SMILES string of the molecule is Cc1ccc(NNC=O)cc1C(C)(C)CC(C)(C)C. The van der Waals surface area contributed by atoms with Gasteiger partial charge in [-0.1, -0.05) is 40.7 Å². The Bertz CT molecular complexity index is 445. The van der Waals surface area contributed by atoms with Crippen LogP contribution in [0.2, 0.25) is 0 Å². The summed E-state index contributed by atoms with van der Waals surface area (Å²) in [6.07, 6.45) is 1.74. The van der Waals surface area contributed by atoms with Crippen molar-refractivity contribution in [2.45, 2.75) is 53.4 Å². The van der Waals surface area contributed by atoms with Crippen molar-refractivity contribution < 1.29 is 4.79 Å². The number of rotatable bonds is 5. The van der Waals surface area contributed by atoms with Crippen LogP contribution in [-0.4, -0.2) is 6.41 Å². The van der Waals surface area contributed by atoms with E-state index < -0.39 is 0 Å². The molecule has 0 atom stereocenters. The molecule has 1 aromatic rings. The summed E-state index contributed by atoms with van der Waals surface area (Å²) in [6.45, 7) is 13.5. The van der Waals surface area contributed by atoms with E-state index in [2.05, 4.69) is 64.5 Å². The quantitative estimate of drug-likeness (QED) is 0.626. The topological polar surface area (TPSA) is 41.1 Å². The second-order valence-corrected chi connectivity index (χ2v) is 7.04. The van der Waals surface area contributed by atoms with Crippen LogP contribution in [0.15, 0.2) is 18.2 Å². The van der Waals surface area contributed by atoms with Gasteiger partial charge < -0.3 is 0 Å². The van der Waals surface area contributed by atoms with Gasteiger partial charge in [0.1, 0.15) is 0 Å². The Labute approximate surface area is 116 Å². The maximum atomic E-state index is 10.3. The molecule has 0 bridgehead atoms. The summed E-state index contributed by atoms with van der Waals surface area (Å²) in [5, 5.41) is 0. The normalized spacial score (nSPS) is 12.1. The maximum Gasteiger partial charge on any atom is 0.225 e. The lowest BCUT2D eigenvalue weighted by Gasteiger charge is -2.34. The summed E-state index contributed by atoms with van der Waals surface area (Å²) in [7, 11) is 0. The first-order valence-electron chi connectivity index (χ1n) is 6.72. The molecule has 1 amide bonds. The van der Waals surface area contributed by atoms with E-state index in [1.165, 1.54) is 11.1 Å². The van der Waals surface area contributed by atoms with Crippen LogP contribution in [0.3, 0.4) is 0 Å². The monoisotopic (exact) mass is 262 g/mol. The van der Waals surface area contributed by atoms with Crippen molar-refractivity contribution in [1.29, 1.82) is 0 Å². The molecule has 2 N–H and O–H groups in total. The molecule has 0 spiro atoms. The fourth-order valence-electron chi connectivity index (χ4n) is 2.96. The third-order valence-electron chi connectivity index (χ3n) is 3.21. The lowest BCUT2D eigenvalue weighted by atomic mass is 9.71. The zero-order valence-corrected chi connectivity index (χ0v) is 12.9. The number of hydrazine groups is 1. The number of amides is 1. The van der Waals surface area contributed by atoms with Crippen LogP contribution < -0.4 is 10.9 Å². The van der Waals surface area contributed by atoms with E-state index in [1.54, 1.807) is 0 Å². The van der Waals surface area contributed by atoms with Gasteiger partial charge in [0.2, 0.25) is 6.41 Å². The average molecular weight is 262 g/mol. The Morgan fingerprint density at radius 3 is 2.32 bits per heavy atom. The molecule has 19 heavy (non-hydrogen) atoms. The predicted molar refractivity (Wildman–Crippen MR) is 81.1 cm³/mol. The molecule has 0 aromatic heterocycles. The van der Waals surface area contributed by atoms with Gasteiger partial charge in [-0.3, -0.25) is 15.6 Å². The molecule has 0 unspecified atom stereocenters. The van der Waals surface area contributed by atoms with Crippen molar-refractivity contribution in [3.05, 3.63) is 29.3 Å². The molecule has 3 nitrogen and oxygen atoms in total. The van der Waals surface area contributed by atoms with Crippen LogP contribution in [0.1, 0.15) is 52.2 Å². The third kappa shape index (κ3) is 4.58. The van der Waals surface area contributed by atoms with Crippen molar-refractivity contribution in [3.63, 3.8) is 0 Å². The molecule has 0 saturated heterocycles. The fourth-order valence-corrected chi connectivity index (χ4v) is 2.96. The number of anilines is 1. The van der Waals surface area contributed by atoms with Crippen LogP contribution in [0.4, 0.5) is 5.69 Å². The van der Waals surface area contributed by atoms with Crippen molar-refractivity contribution in [1.82, 2.24) is 5.43 Å². The Hall–Kier alpha value is -1.51. The first kappa shape index (κ1) is 15.5. The van der Waals surface area contributed by atoms with Crippen molar-refractivity contribution in [2.24, 2.45) is 5.41 Å². The second kappa shape index (κ2) is 5.64. The van der Waals surface area contributed by atoms with Gasteiger partial charge in [0.25, 0.3) is 0 Å². The molecule has 0 fully saturated rings. The summed E-state index contributed by atoms with van der Waals surface area (Å²) < 4.78 is 0. The van der Waals surface area contributed by atoms with Crippen molar-refractivity contribution in [2.75, 3.05) is 5.43 Å². The minimum absolute atomic E-state index is 0.0984. The molecule has 106 valence electrons. The van der Waals surface area contributed by atoms with Gasteiger partial charge in [0, 0.05) is 0 Å². The van der Waals surface area contributed by atoms with Gasteiger partial charge >= 0.3 is 0 Å². The molecular weight excluding hydrogens is 236 g/mol. The minimum atomic E-state index is 0.0984. The summed E-state index contributed by atoms with van der Waals surface area (Å²) in [5.74, 6) is 0. The van der Waals surface area contributed by atoms with Crippen LogP contribution in [0, 0.1) is 12.3 Å². The van der Waals surface area contributed by atoms with Gasteiger partial charge in [-0.05, 0) is 47.4 Å². The number of carbonyl (C=O) groups excluding carboxylic acids is 1. The average Bonchev–Trinajstić information content (AvgIpc) is 2.24. The van der Waals surface area contributed by atoms with Crippen LogP contribution in [0.25, 0.3) is 0 Å². The number of hydrogen-bond donors (Lipinski definition) is 2. The van der Waals surface area contributed by atoms with Gasteiger partial charge in [0.05, 0.1) is 5.69 Å². The maximum absolute atomic E-state index is 10.3. The number of carbonyl (C=O) groups is 1. The van der Waals surface area contributed by atoms with E-state index in [-0.39, 0.29) is 10.8 Å². The molecule has 3 heteroatoms. The van der Waals surface area contributed by atoms with Gasteiger partial charge in [-0.25, -0.2) is 0 Å². The van der Waals surface area contributed by atoms with Crippen LogP contribution in [-0.2, 0) is 10.2 Å². The van der Waals surface area contributed by atoms with Gasteiger partial charge in [-0.15, -0.1) is 0 Å². The zero-order valence-electron chi connectivity index (χ0n) is 12.9. The predicted octanol–water partition coefficient (Wildman–Crippen LogP) is 3.78. The molecule has 1 aromatic carbocycles. The molecule has 0 aliphatic heterocycles. The highest BCUT2D eigenvalue weighted by Crippen LogP contribution is 2.38. The van der Waals surface area contributed by atoms with Crippen molar-refractivity contribution >= 4 is 12.1 Å². The Morgan fingerprint density at radius 1 is 1.16 bits per heavy atom. The van der Waals surface area contributed by atoms with Gasteiger partial charge in [0.15, 0.2) is 0 Å². The molecule has 1 rings (SSSR count). The van der Waals surface area contributed by atoms with E-state index in [9.17, 15) is 4.79 Å². The van der Waals surface area contributed by atoms with Crippen molar-refractivity contribution in [3.8, 4) is 0 Å². The fraction of sp³-hybridized carbons (Fsp3) is 0.562. The molecule has 0 heterocycles. The molecule has 0 radical (unpaired) electrons. The molecule has 0 saturated carbocycles. The van der Waals surface area contributed by atoms with E-state index in [0.717, 1.165) is 12.1 Å². The standard InChI is InChI=1S/C16H26N2O/c1-12-7-8-13(18-17-11-19)9-14(12)16(5,6)10-15(2,3)4/h7-9,11,18H,10H2,1-6H3,(H,17,19). The van der Waals surface area contributed by atoms with E-state index in [0.29, 0.717) is 6.41 Å². The number of benzene rings is 1. The number of hydrogen-bond acceptors (Lipinski definition) is 2. The highest BCUT2D eigenvalue weighted by Gasteiger charge is 2.28. The highest BCUT2D eigenvalue weighted by molar-refractivity contribution is 5.55. The van der Waals surface area contributed by atoms with Crippen LogP contribution >= 0.6 is 0 Å². The molecule has 0 aliphatic carbocycles. The second-order valence-electron chi connectivity index (χ2n) is 7.04. The summed E-state index contributed by atoms with van der Waals surface area (Å²) in [6, 6.07) is 6.19. The first-order chi connectivity index (χ1) is 8.65. The Kier molecular flexibility index (Phi) is 4.61. The first-order valence-corrected chi connectivity index (χ1v) is 6.72. The molecule has 0 aliphatic rings. The third-order valence-corrected chi connectivity index (χ3v) is 3.21. The summed E-state index contributed by atoms with van der Waals surface area (Å²) in [4.78, 5) is 10.3. The Balaban J connectivity index is 3.06. The number of nitrogens with one attached hydrogen (secondary N) is 2. The Morgan fingerprint density at radius 2 is 1.79 bits per heavy atom. The summed E-state index contributed by atoms with van der Waals surface area (Å²) in [5.41, 5.74) is 9.25. The van der Waals surface area contributed by atoms with Gasteiger partial charge in [-0.2, -0.15) is 0 Å². The highest BCUT2D eigenvalue weighted by atomic mass is 16.1. The number of aryl methyl sites for hydroxylation is 1. The van der Waals surface area contributed by atoms with E-state index in [1.807, 2.05) is 6.07 Å². The molecular formula is C16H26N2O. The minimum Gasteiger partial charge on any atom is -0.299 e. The van der Waals surface area contributed by atoms with E-state index in [4.69, 9.17) is 0 Å². The summed E-state index contributed by atoms with van der Waals surface area (Å²) >= 11 is 0. The lowest BCUT2D eigenvalue weighted by Crippen LogP contribution is -2.26. The van der Waals surface area contributed by atoms with E-state index >= 15 is 0 Å². The van der Waals surface area contributed by atoms with Crippen LogP contribution in [0.5, 0.6) is 0 Å². The largest absolute Gasteiger partial charge is 0.299 e. The lowest BCUT2D eigenvalue weighted by molar-refractivity contribution is -0.109.